The quantitative estimate of drug-likeness (QED) is 0.599. The van der Waals surface area contributed by atoms with E-state index in [0.29, 0.717) is 18.7 Å². The summed E-state index contributed by atoms with van der Waals surface area (Å²) in [6.45, 7) is 4.16. The molecule has 16 heavy (non-hydrogen) atoms. The van der Waals surface area contributed by atoms with Crippen molar-refractivity contribution >= 4 is 10.0 Å². The molecule has 0 bridgehead atoms. The van der Waals surface area contributed by atoms with Gasteiger partial charge in [-0.2, -0.15) is 0 Å². The third-order valence-electron chi connectivity index (χ3n) is 2.65. The average molecular weight is 250 g/mol. The molecule has 96 valence electrons. The minimum atomic E-state index is -3.03. The zero-order chi connectivity index (χ0) is 12.0. The molecule has 0 amide bonds. The fourth-order valence-corrected chi connectivity index (χ4v) is 2.27. The molecule has 0 aromatic rings. The number of rotatable bonds is 8. The van der Waals surface area contributed by atoms with Crippen LogP contribution in [0, 0.1) is 0 Å². The van der Waals surface area contributed by atoms with Crippen LogP contribution in [0.4, 0.5) is 0 Å². The second-order valence-corrected chi connectivity index (χ2v) is 6.05. The number of hydrogen-bond donors (Lipinski definition) is 2. The van der Waals surface area contributed by atoms with Crippen molar-refractivity contribution in [2.24, 2.45) is 0 Å². The van der Waals surface area contributed by atoms with Crippen LogP contribution in [0.5, 0.6) is 0 Å². The Labute approximate surface area is 98.0 Å². The van der Waals surface area contributed by atoms with Gasteiger partial charge in [-0.15, -0.1) is 0 Å². The molecule has 1 aliphatic rings. The van der Waals surface area contributed by atoms with E-state index in [1.807, 2.05) is 6.92 Å². The van der Waals surface area contributed by atoms with E-state index < -0.39 is 10.0 Å². The Kier molecular flexibility index (Phi) is 5.68. The molecule has 1 rings (SSSR count). The van der Waals surface area contributed by atoms with Gasteiger partial charge in [0.15, 0.2) is 0 Å². The molecule has 0 unspecified atom stereocenters. The SMILES string of the molecule is CCOC1CC(NCCCNS(C)(=O)=O)C1. The molecule has 5 nitrogen and oxygen atoms in total. The molecule has 2 N–H and O–H groups in total. The molecular formula is C10H22N2O3S. The third kappa shape index (κ3) is 5.79. The van der Waals surface area contributed by atoms with Gasteiger partial charge < -0.3 is 10.1 Å². The number of hydrogen-bond acceptors (Lipinski definition) is 4. The maximum absolute atomic E-state index is 10.8. The summed E-state index contributed by atoms with van der Waals surface area (Å²) in [5, 5.41) is 3.38. The highest BCUT2D eigenvalue weighted by molar-refractivity contribution is 7.88. The normalized spacial score (nSPS) is 25.4. The Morgan fingerprint density at radius 3 is 2.56 bits per heavy atom. The Hall–Kier alpha value is -0.170. The Morgan fingerprint density at radius 2 is 2.00 bits per heavy atom. The molecular weight excluding hydrogens is 228 g/mol. The van der Waals surface area contributed by atoms with Gasteiger partial charge in [0.2, 0.25) is 10.0 Å². The fraction of sp³-hybridized carbons (Fsp3) is 1.00. The monoisotopic (exact) mass is 250 g/mol. The second kappa shape index (κ2) is 6.54. The summed E-state index contributed by atoms with van der Waals surface area (Å²) in [6.07, 6.45) is 4.58. The van der Waals surface area contributed by atoms with E-state index in [9.17, 15) is 8.42 Å². The standard InChI is InChI=1S/C10H22N2O3S/c1-3-15-10-7-9(8-10)11-5-4-6-12-16(2,13)14/h9-12H,3-8H2,1-2H3. The molecule has 0 radical (unpaired) electrons. The van der Waals surface area contributed by atoms with E-state index in [4.69, 9.17) is 4.74 Å². The van der Waals surface area contributed by atoms with E-state index in [2.05, 4.69) is 10.0 Å². The van der Waals surface area contributed by atoms with Gasteiger partial charge in [-0.1, -0.05) is 0 Å². The third-order valence-corrected chi connectivity index (χ3v) is 3.38. The van der Waals surface area contributed by atoms with Crippen LogP contribution in [-0.4, -0.2) is 46.5 Å². The van der Waals surface area contributed by atoms with Crippen LogP contribution in [0.25, 0.3) is 0 Å². The van der Waals surface area contributed by atoms with Gasteiger partial charge in [-0.3, -0.25) is 0 Å². The summed E-state index contributed by atoms with van der Waals surface area (Å²) in [6, 6.07) is 0.551. The molecule has 1 saturated carbocycles. The topological polar surface area (TPSA) is 67.4 Å². The molecule has 0 spiro atoms. The molecule has 6 heteroatoms. The zero-order valence-corrected chi connectivity index (χ0v) is 10.8. The molecule has 1 aliphatic carbocycles. The molecule has 0 aromatic heterocycles. The summed E-state index contributed by atoms with van der Waals surface area (Å²) in [4.78, 5) is 0. The van der Waals surface area contributed by atoms with E-state index in [1.165, 1.54) is 6.26 Å². The van der Waals surface area contributed by atoms with Crippen molar-refractivity contribution in [3.63, 3.8) is 0 Å². The van der Waals surface area contributed by atoms with Crippen molar-refractivity contribution in [3.05, 3.63) is 0 Å². The van der Waals surface area contributed by atoms with E-state index >= 15 is 0 Å². The second-order valence-electron chi connectivity index (χ2n) is 4.22. The minimum absolute atomic E-state index is 0.427. The average Bonchev–Trinajstić information content (AvgIpc) is 2.11. The van der Waals surface area contributed by atoms with Gasteiger partial charge in [-0.25, -0.2) is 13.1 Å². The zero-order valence-electron chi connectivity index (χ0n) is 10.0. The summed E-state index contributed by atoms with van der Waals surface area (Å²) in [5.74, 6) is 0. The van der Waals surface area contributed by atoms with Gasteiger partial charge in [0.05, 0.1) is 12.4 Å². The van der Waals surface area contributed by atoms with Crippen molar-refractivity contribution in [1.82, 2.24) is 10.0 Å². The first-order valence-corrected chi connectivity index (χ1v) is 7.70. The van der Waals surface area contributed by atoms with Crippen molar-refractivity contribution in [2.45, 2.75) is 38.3 Å². The maximum Gasteiger partial charge on any atom is 0.208 e. The largest absolute Gasteiger partial charge is 0.378 e. The predicted molar refractivity (Wildman–Crippen MR) is 63.9 cm³/mol. The first-order chi connectivity index (χ1) is 7.51. The Morgan fingerprint density at radius 1 is 1.31 bits per heavy atom. The van der Waals surface area contributed by atoms with E-state index in [1.54, 1.807) is 0 Å². The Bertz CT molecular complexity index is 286. The molecule has 0 aliphatic heterocycles. The van der Waals surface area contributed by atoms with Crippen molar-refractivity contribution < 1.29 is 13.2 Å². The number of sulfonamides is 1. The van der Waals surface area contributed by atoms with Crippen LogP contribution in [0.1, 0.15) is 26.2 Å². The lowest BCUT2D eigenvalue weighted by atomic mass is 9.89. The summed E-state index contributed by atoms with van der Waals surface area (Å²) < 4.78 is 29.4. The predicted octanol–water partition coefficient (Wildman–Crippen LogP) is 0.0828. The lowest BCUT2D eigenvalue weighted by molar-refractivity contribution is -0.00970. The van der Waals surface area contributed by atoms with E-state index in [0.717, 1.165) is 32.4 Å². The van der Waals surface area contributed by atoms with Crippen LogP contribution in [0.3, 0.4) is 0 Å². The number of nitrogens with one attached hydrogen (secondary N) is 2. The highest BCUT2D eigenvalue weighted by Gasteiger charge is 2.28. The minimum Gasteiger partial charge on any atom is -0.378 e. The molecule has 1 fully saturated rings. The van der Waals surface area contributed by atoms with Crippen LogP contribution in [-0.2, 0) is 14.8 Å². The van der Waals surface area contributed by atoms with Gasteiger partial charge >= 0.3 is 0 Å². The number of ether oxygens (including phenoxy) is 1. The van der Waals surface area contributed by atoms with Crippen molar-refractivity contribution in [1.29, 1.82) is 0 Å². The van der Waals surface area contributed by atoms with Gasteiger partial charge in [0, 0.05) is 19.2 Å². The van der Waals surface area contributed by atoms with Crippen molar-refractivity contribution in [2.75, 3.05) is 26.0 Å². The van der Waals surface area contributed by atoms with Gasteiger partial charge in [0.25, 0.3) is 0 Å². The van der Waals surface area contributed by atoms with Gasteiger partial charge in [0.1, 0.15) is 0 Å². The van der Waals surface area contributed by atoms with Gasteiger partial charge in [-0.05, 0) is 32.7 Å². The fourth-order valence-electron chi connectivity index (χ4n) is 1.76. The maximum atomic E-state index is 10.8. The first kappa shape index (κ1) is 13.9. The molecule has 0 saturated heterocycles. The Balaban J connectivity index is 1.90. The lowest BCUT2D eigenvalue weighted by Crippen LogP contribution is -2.46. The first-order valence-electron chi connectivity index (χ1n) is 5.81. The van der Waals surface area contributed by atoms with Crippen LogP contribution in [0.2, 0.25) is 0 Å². The highest BCUT2D eigenvalue weighted by Crippen LogP contribution is 2.22. The van der Waals surface area contributed by atoms with Crippen LogP contribution in [0.15, 0.2) is 0 Å². The summed E-state index contributed by atoms with van der Waals surface area (Å²) in [5.41, 5.74) is 0. The van der Waals surface area contributed by atoms with Crippen LogP contribution < -0.4 is 10.0 Å². The highest BCUT2D eigenvalue weighted by atomic mass is 32.2. The molecule has 0 atom stereocenters. The lowest BCUT2D eigenvalue weighted by Gasteiger charge is -2.35. The summed E-state index contributed by atoms with van der Waals surface area (Å²) in [7, 11) is -3.03. The van der Waals surface area contributed by atoms with Crippen LogP contribution >= 0.6 is 0 Å². The smallest absolute Gasteiger partial charge is 0.208 e. The van der Waals surface area contributed by atoms with Crippen molar-refractivity contribution in [3.8, 4) is 0 Å². The molecule has 0 aromatic carbocycles. The van der Waals surface area contributed by atoms with E-state index in [-0.39, 0.29) is 0 Å². The summed E-state index contributed by atoms with van der Waals surface area (Å²) >= 11 is 0. The molecule has 0 heterocycles.